The molecule has 0 radical (unpaired) electrons. The maximum atomic E-state index is 6.65. The van der Waals surface area contributed by atoms with Crippen LogP contribution in [0.4, 0.5) is 17.1 Å². The molecule has 0 bridgehead atoms. The Kier molecular flexibility index (Phi) is 5.54. The number of rotatable bonds is 4. The van der Waals surface area contributed by atoms with E-state index in [0.29, 0.717) is 0 Å². The average Bonchev–Trinajstić information content (AvgIpc) is 3.66. The van der Waals surface area contributed by atoms with Crippen molar-refractivity contribution in [2.24, 2.45) is 0 Å². The fourth-order valence-corrected chi connectivity index (χ4v) is 9.42. The molecule has 4 nitrogen and oxygen atoms in total. The van der Waals surface area contributed by atoms with Crippen molar-refractivity contribution in [3.8, 4) is 50.9 Å². The van der Waals surface area contributed by atoms with Crippen LogP contribution in [-0.2, 0) is 5.41 Å². The van der Waals surface area contributed by atoms with Gasteiger partial charge in [-0.15, -0.1) is 0 Å². The molecule has 0 unspecified atom stereocenters. The predicted molar refractivity (Wildman–Crippen MR) is 216 cm³/mol. The summed E-state index contributed by atoms with van der Waals surface area (Å²) in [4.78, 5) is 2.47. The van der Waals surface area contributed by atoms with Gasteiger partial charge in [0.05, 0.1) is 22.4 Å². The molecule has 0 spiro atoms. The third-order valence-corrected chi connectivity index (χ3v) is 11.7. The minimum absolute atomic E-state index is 0.174. The number of aromatic nitrogens is 1. The fraction of sp³-hybridized carbons (Fsp3) is 0.0612. The summed E-state index contributed by atoms with van der Waals surface area (Å²) in [5.74, 6) is 3.35. The number of nitrogens with zero attached hydrogens (tertiary/aromatic N) is 2. The molecule has 3 heterocycles. The molecule has 0 N–H and O–H groups in total. The lowest BCUT2D eigenvalue weighted by atomic mass is 9.81. The van der Waals surface area contributed by atoms with Crippen molar-refractivity contribution in [2.75, 3.05) is 4.90 Å². The molecule has 4 heteroatoms. The number of hydrogen-bond acceptors (Lipinski definition) is 3. The first-order valence-electron chi connectivity index (χ1n) is 18.3. The van der Waals surface area contributed by atoms with Crippen LogP contribution in [0.1, 0.15) is 25.0 Å². The highest BCUT2D eigenvalue weighted by Gasteiger charge is 2.39. The lowest BCUT2D eigenvalue weighted by Gasteiger charge is -2.33. The van der Waals surface area contributed by atoms with Gasteiger partial charge in [-0.25, -0.2) is 0 Å². The summed E-state index contributed by atoms with van der Waals surface area (Å²) in [6, 6.07) is 56.9. The van der Waals surface area contributed by atoms with Crippen molar-refractivity contribution in [3.63, 3.8) is 0 Å². The van der Waals surface area contributed by atoms with Gasteiger partial charge in [-0.2, -0.15) is 0 Å². The topological polar surface area (TPSA) is 26.6 Å². The smallest absolute Gasteiger partial charge is 0.155 e. The number of hydrogen-bond donors (Lipinski definition) is 0. The molecule has 1 aliphatic carbocycles. The molecule has 0 saturated carbocycles. The Balaban J connectivity index is 1.05. The van der Waals surface area contributed by atoms with Crippen LogP contribution in [0.3, 0.4) is 0 Å². The lowest BCUT2D eigenvalue weighted by Crippen LogP contribution is -2.20. The van der Waals surface area contributed by atoms with Crippen LogP contribution in [0.15, 0.2) is 158 Å². The Labute approximate surface area is 306 Å². The molecular weight excluding hydrogens is 649 g/mol. The van der Waals surface area contributed by atoms with E-state index in [1.54, 1.807) is 0 Å². The molecule has 2 aliphatic heterocycles. The van der Waals surface area contributed by atoms with Crippen molar-refractivity contribution >= 4 is 49.6 Å². The molecule has 53 heavy (non-hydrogen) atoms. The molecule has 0 amide bonds. The van der Waals surface area contributed by atoms with E-state index in [4.69, 9.17) is 9.47 Å². The minimum atomic E-state index is -0.174. The second-order valence-electron chi connectivity index (χ2n) is 14.9. The van der Waals surface area contributed by atoms with Crippen LogP contribution in [0.5, 0.6) is 23.0 Å². The fourth-order valence-electron chi connectivity index (χ4n) is 9.42. The highest BCUT2D eigenvalue weighted by molar-refractivity contribution is 6.16. The quantitative estimate of drug-likeness (QED) is 0.185. The van der Waals surface area contributed by atoms with Crippen LogP contribution in [0.2, 0.25) is 0 Å². The van der Waals surface area contributed by atoms with Crippen LogP contribution < -0.4 is 14.4 Å². The van der Waals surface area contributed by atoms with E-state index in [-0.39, 0.29) is 5.41 Å². The van der Waals surface area contributed by atoms with E-state index >= 15 is 0 Å². The first-order chi connectivity index (χ1) is 26.0. The second kappa shape index (κ2) is 10.2. The summed E-state index contributed by atoms with van der Waals surface area (Å²) in [7, 11) is 0. The Morgan fingerprint density at radius 2 is 1.13 bits per heavy atom. The molecule has 0 fully saturated rings. The van der Waals surface area contributed by atoms with E-state index < -0.39 is 0 Å². The summed E-state index contributed by atoms with van der Waals surface area (Å²) in [5, 5.41) is 4.75. The van der Waals surface area contributed by atoms with Gasteiger partial charge in [0, 0.05) is 27.3 Å². The number of benzene rings is 8. The first kappa shape index (κ1) is 28.9. The normalized spacial score (nSPS) is 13.9. The zero-order chi connectivity index (χ0) is 35.0. The highest BCUT2D eigenvalue weighted by Crippen LogP contribution is 2.56. The third-order valence-electron chi connectivity index (χ3n) is 11.7. The molecule has 0 saturated heterocycles. The molecule has 0 atom stereocenters. The molecule has 9 aromatic rings. The van der Waals surface area contributed by atoms with E-state index in [2.05, 4.69) is 163 Å². The summed E-state index contributed by atoms with van der Waals surface area (Å²) < 4.78 is 15.4. The molecule has 1 aromatic heterocycles. The highest BCUT2D eigenvalue weighted by atomic mass is 16.5. The van der Waals surface area contributed by atoms with Crippen molar-refractivity contribution < 1.29 is 9.47 Å². The zero-order valence-corrected chi connectivity index (χ0v) is 29.2. The van der Waals surface area contributed by atoms with E-state index in [1.807, 2.05) is 18.2 Å². The van der Waals surface area contributed by atoms with E-state index in [0.717, 1.165) is 73.0 Å². The van der Waals surface area contributed by atoms with E-state index in [1.165, 1.54) is 38.7 Å². The zero-order valence-electron chi connectivity index (χ0n) is 29.2. The summed E-state index contributed by atoms with van der Waals surface area (Å²) in [5.41, 5.74) is 14.0. The Morgan fingerprint density at radius 1 is 0.491 bits per heavy atom. The maximum Gasteiger partial charge on any atom is 0.155 e. The van der Waals surface area contributed by atoms with Crippen LogP contribution in [-0.4, -0.2) is 4.57 Å². The van der Waals surface area contributed by atoms with Crippen molar-refractivity contribution in [2.45, 2.75) is 19.3 Å². The number of fused-ring (bicyclic) bond motifs is 5. The van der Waals surface area contributed by atoms with Crippen LogP contribution in [0.25, 0.3) is 60.5 Å². The van der Waals surface area contributed by atoms with Gasteiger partial charge >= 0.3 is 0 Å². The number of para-hydroxylation sites is 2. The largest absolute Gasteiger partial charge is 0.453 e. The average molecular weight is 681 g/mol. The minimum Gasteiger partial charge on any atom is -0.453 e. The molecule has 8 aromatic carbocycles. The van der Waals surface area contributed by atoms with Crippen molar-refractivity contribution in [3.05, 3.63) is 169 Å². The van der Waals surface area contributed by atoms with Gasteiger partial charge < -0.3 is 14.4 Å². The van der Waals surface area contributed by atoms with Gasteiger partial charge in [-0.05, 0) is 93.4 Å². The maximum absolute atomic E-state index is 6.65. The Bertz CT molecular complexity index is 3040. The van der Waals surface area contributed by atoms with Gasteiger partial charge in [-0.1, -0.05) is 117 Å². The summed E-state index contributed by atoms with van der Waals surface area (Å²) in [6.07, 6.45) is 0. The van der Waals surface area contributed by atoms with Gasteiger partial charge in [0.1, 0.15) is 5.69 Å². The first-order valence-corrected chi connectivity index (χ1v) is 18.3. The molecule has 250 valence electrons. The lowest BCUT2D eigenvalue weighted by molar-refractivity contribution is 0.444. The Morgan fingerprint density at radius 3 is 2.02 bits per heavy atom. The van der Waals surface area contributed by atoms with Crippen LogP contribution >= 0.6 is 0 Å². The van der Waals surface area contributed by atoms with Gasteiger partial charge in [-0.3, -0.25) is 4.57 Å². The SMILES string of the molecule is CC1(C)c2ccccc2-c2cccc(N(c3ccc(-c4cc5c6c(c4)c4cccc7c4n6-c4c(cccc4O5)O7)cc3)c3cccc4ccccc34)c21. The van der Waals surface area contributed by atoms with Gasteiger partial charge in [0.2, 0.25) is 0 Å². The Hall–Kier alpha value is -6.78. The molecule has 12 rings (SSSR count). The second-order valence-corrected chi connectivity index (χ2v) is 14.9. The molecule has 3 aliphatic rings. The van der Waals surface area contributed by atoms with Gasteiger partial charge in [0.25, 0.3) is 0 Å². The van der Waals surface area contributed by atoms with Crippen molar-refractivity contribution in [1.82, 2.24) is 4.57 Å². The van der Waals surface area contributed by atoms with E-state index in [9.17, 15) is 0 Å². The van der Waals surface area contributed by atoms with Crippen LogP contribution in [0, 0.1) is 0 Å². The summed E-state index contributed by atoms with van der Waals surface area (Å²) in [6.45, 7) is 4.73. The number of anilines is 3. The molecular formula is C49H32N2O2. The third kappa shape index (κ3) is 3.79. The monoisotopic (exact) mass is 680 g/mol. The summed E-state index contributed by atoms with van der Waals surface area (Å²) >= 11 is 0. The predicted octanol–water partition coefficient (Wildman–Crippen LogP) is 13.6. The standard InChI is InChI=1S/C49H32N2O2/c1-49(2)38-17-6-5-14-34(38)35-15-8-19-40(45(35)49)50(39-18-7-12-30-11-3-4-13-33(30)39)32-25-23-29(24-26-32)31-27-37-36-16-9-20-41-46(36)51-47(37)44(28-31)53-43-22-10-21-42(52-41)48(43)51/h3-28H,1-2H3. The number of ether oxygens (including phenoxy) is 2. The van der Waals surface area contributed by atoms with Crippen molar-refractivity contribution in [1.29, 1.82) is 0 Å². The van der Waals surface area contributed by atoms with Gasteiger partial charge in [0.15, 0.2) is 23.0 Å².